The fraction of sp³-hybridized carbons (Fsp3) is 0.917. The lowest BCUT2D eigenvalue weighted by molar-refractivity contribution is -0.134. The van der Waals surface area contributed by atoms with Gasteiger partial charge in [-0.2, -0.15) is 0 Å². The molecule has 17 heavy (non-hydrogen) atoms. The predicted octanol–water partition coefficient (Wildman–Crippen LogP) is 0.00630. The number of amides is 1. The molecule has 102 valence electrons. The summed E-state index contributed by atoms with van der Waals surface area (Å²) in [5.74, 6) is 0.415. The van der Waals surface area contributed by atoms with Crippen molar-refractivity contribution in [1.29, 1.82) is 0 Å². The fourth-order valence-corrected chi connectivity index (χ4v) is 1.54. The normalized spacial score (nSPS) is 13.2. The zero-order valence-corrected chi connectivity index (χ0v) is 11.8. The molecule has 0 aliphatic rings. The highest BCUT2D eigenvalue weighted by Gasteiger charge is 2.21. The number of hydrogen-bond donors (Lipinski definition) is 1. The number of hydrogen-bond acceptors (Lipinski definition) is 4. The number of carbonyl (C=O) groups is 1. The van der Waals surface area contributed by atoms with E-state index in [-0.39, 0.29) is 12.5 Å². The van der Waals surface area contributed by atoms with Gasteiger partial charge in [0.25, 0.3) is 0 Å². The smallest absolute Gasteiger partial charge is 0.241 e. The average Bonchev–Trinajstić information content (AvgIpc) is 2.22. The van der Waals surface area contributed by atoms with Crippen molar-refractivity contribution in [3.63, 3.8) is 0 Å². The van der Waals surface area contributed by atoms with E-state index in [4.69, 9.17) is 10.5 Å². The first-order valence-corrected chi connectivity index (χ1v) is 6.06. The molecule has 0 aromatic carbocycles. The van der Waals surface area contributed by atoms with Crippen molar-refractivity contribution in [1.82, 2.24) is 9.80 Å². The zero-order chi connectivity index (χ0) is 13.4. The summed E-state index contributed by atoms with van der Waals surface area (Å²) in [5.41, 5.74) is 5.78. The van der Waals surface area contributed by atoms with Crippen LogP contribution < -0.4 is 5.73 Å². The highest BCUT2D eigenvalue weighted by molar-refractivity contribution is 5.81. The van der Waals surface area contributed by atoms with Gasteiger partial charge in [0.15, 0.2) is 0 Å². The summed E-state index contributed by atoms with van der Waals surface area (Å²) >= 11 is 0. The van der Waals surface area contributed by atoms with Gasteiger partial charge in [0.1, 0.15) is 6.04 Å². The van der Waals surface area contributed by atoms with Crippen LogP contribution in [0.25, 0.3) is 0 Å². The topological polar surface area (TPSA) is 58.8 Å². The van der Waals surface area contributed by atoms with Gasteiger partial charge in [-0.05, 0) is 20.0 Å². The van der Waals surface area contributed by atoms with Crippen LogP contribution in [0.5, 0.6) is 0 Å². The first kappa shape index (κ1) is 16.4. The molecule has 0 spiro atoms. The maximum absolute atomic E-state index is 12.1. The first-order valence-electron chi connectivity index (χ1n) is 6.06. The van der Waals surface area contributed by atoms with Crippen LogP contribution in [0.15, 0.2) is 0 Å². The predicted molar refractivity (Wildman–Crippen MR) is 69.8 cm³/mol. The van der Waals surface area contributed by atoms with Crippen molar-refractivity contribution in [3.05, 3.63) is 0 Å². The zero-order valence-electron chi connectivity index (χ0n) is 11.8. The van der Waals surface area contributed by atoms with E-state index < -0.39 is 6.04 Å². The average molecular weight is 245 g/mol. The second-order valence-electron chi connectivity index (χ2n) is 5.04. The fourth-order valence-electron chi connectivity index (χ4n) is 1.54. The lowest BCUT2D eigenvalue weighted by atomic mass is 10.2. The number of ether oxygens (including phenoxy) is 1. The molecule has 0 saturated heterocycles. The third kappa shape index (κ3) is 7.31. The third-order valence-electron chi connectivity index (χ3n) is 2.38. The molecule has 0 fully saturated rings. The molecule has 0 aromatic rings. The quantitative estimate of drug-likeness (QED) is 0.654. The van der Waals surface area contributed by atoms with Gasteiger partial charge in [-0.3, -0.25) is 4.79 Å². The molecule has 0 radical (unpaired) electrons. The molecule has 5 heteroatoms. The number of rotatable bonds is 8. The van der Waals surface area contributed by atoms with Crippen LogP contribution in [0.2, 0.25) is 0 Å². The van der Waals surface area contributed by atoms with Crippen LogP contribution in [0.4, 0.5) is 0 Å². The lowest BCUT2D eigenvalue weighted by Gasteiger charge is -2.28. The van der Waals surface area contributed by atoms with Gasteiger partial charge in [0.05, 0.1) is 6.61 Å². The highest BCUT2D eigenvalue weighted by atomic mass is 16.5. The van der Waals surface area contributed by atoms with E-state index in [1.54, 1.807) is 7.11 Å². The van der Waals surface area contributed by atoms with Gasteiger partial charge >= 0.3 is 0 Å². The first-order chi connectivity index (χ1) is 7.88. The number of carbonyl (C=O) groups excluding carboxylic acids is 1. The molecule has 0 heterocycles. The maximum atomic E-state index is 12.1. The van der Waals surface area contributed by atoms with Crippen molar-refractivity contribution in [2.75, 3.05) is 47.4 Å². The van der Waals surface area contributed by atoms with E-state index in [0.717, 1.165) is 13.1 Å². The van der Waals surface area contributed by atoms with Gasteiger partial charge in [0, 0.05) is 26.7 Å². The van der Waals surface area contributed by atoms with Gasteiger partial charge in [-0.25, -0.2) is 0 Å². The Morgan fingerprint density at radius 1 is 1.29 bits per heavy atom. The Kier molecular flexibility index (Phi) is 8.12. The molecule has 5 nitrogen and oxygen atoms in total. The monoisotopic (exact) mass is 245 g/mol. The van der Waals surface area contributed by atoms with Crippen LogP contribution in [0.1, 0.15) is 13.8 Å². The van der Waals surface area contributed by atoms with Crippen molar-refractivity contribution in [2.24, 2.45) is 11.7 Å². The molecule has 1 atom stereocenters. The summed E-state index contributed by atoms with van der Waals surface area (Å²) in [7, 11) is 5.54. The van der Waals surface area contributed by atoms with Gasteiger partial charge in [-0.15, -0.1) is 0 Å². The summed E-state index contributed by atoms with van der Waals surface area (Å²) in [6, 6.07) is -0.555. The van der Waals surface area contributed by atoms with Crippen LogP contribution >= 0.6 is 0 Å². The highest BCUT2D eigenvalue weighted by Crippen LogP contribution is 2.02. The van der Waals surface area contributed by atoms with Crippen LogP contribution in [0.3, 0.4) is 0 Å². The Bertz CT molecular complexity index is 220. The number of nitrogens with zero attached hydrogens (tertiary/aromatic N) is 2. The summed E-state index contributed by atoms with van der Waals surface area (Å²) in [6.07, 6.45) is 0. The molecule has 2 N–H and O–H groups in total. The van der Waals surface area contributed by atoms with E-state index in [0.29, 0.717) is 12.5 Å². The molecule has 0 aliphatic carbocycles. The summed E-state index contributed by atoms with van der Waals surface area (Å²) in [4.78, 5) is 16.0. The second kappa shape index (κ2) is 8.44. The standard InChI is InChI=1S/C12H27N3O2/c1-10(2)8-15(7-6-14(3)4)12(16)11(13)9-17-5/h10-11H,6-9,13H2,1-5H3. The van der Waals surface area contributed by atoms with Crippen LogP contribution in [0, 0.1) is 5.92 Å². The molecule has 0 aliphatic heterocycles. The second-order valence-corrected chi connectivity index (χ2v) is 5.04. The molecular weight excluding hydrogens is 218 g/mol. The van der Waals surface area contributed by atoms with Gasteiger partial charge in [-0.1, -0.05) is 13.8 Å². The SMILES string of the molecule is COCC(N)C(=O)N(CCN(C)C)CC(C)C. The summed E-state index contributed by atoms with van der Waals surface area (Å²) in [6.45, 7) is 6.76. The van der Waals surface area contributed by atoms with Crippen molar-refractivity contribution < 1.29 is 9.53 Å². The minimum absolute atomic E-state index is 0.0256. The van der Waals surface area contributed by atoms with Crippen LogP contribution in [-0.4, -0.2) is 69.2 Å². The number of nitrogens with two attached hydrogens (primary N) is 1. The third-order valence-corrected chi connectivity index (χ3v) is 2.38. The summed E-state index contributed by atoms with van der Waals surface area (Å²) in [5, 5.41) is 0. The Balaban J connectivity index is 4.38. The van der Waals surface area contributed by atoms with Gasteiger partial charge < -0.3 is 20.3 Å². The lowest BCUT2D eigenvalue weighted by Crippen LogP contribution is -2.49. The molecule has 0 bridgehead atoms. The largest absolute Gasteiger partial charge is 0.383 e. The maximum Gasteiger partial charge on any atom is 0.241 e. The van der Waals surface area contributed by atoms with Crippen LogP contribution in [-0.2, 0) is 9.53 Å². The van der Waals surface area contributed by atoms with E-state index in [2.05, 4.69) is 18.7 Å². The Labute approximate surface area is 105 Å². The minimum atomic E-state index is -0.555. The van der Waals surface area contributed by atoms with Crippen molar-refractivity contribution in [3.8, 4) is 0 Å². The van der Waals surface area contributed by atoms with Gasteiger partial charge in [0.2, 0.25) is 5.91 Å². The molecular formula is C12H27N3O2. The van der Waals surface area contributed by atoms with E-state index in [1.165, 1.54) is 0 Å². The van der Waals surface area contributed by atoms with Crippen molar-refractivity contribution in [2.45, 2.75) is 19.9 Å². The molecule has 0 saturated carbocycles. The Hall–Kier alpha value is -0.650. The summed E-state index contributed by atoms with van der Waals surface area (Å²) < 4.78 is 4.92. The minimum Gasteiger partial charge on any atom is -0.383 e. The number of methoxy groups -OCH3 is 1. The van der Waals surface area contributed by atoms with E-state index >= 15 is 0 Å². The Morgan fingerprint density at radius 3 is 2.29 bits per heavy atom. The molecule has 0 aromatic heterocycles. The van der Waals surface area contributed by atoms with Crippen molar-refractivity contribution >= 4 is 5.91 Å². The molecule has 1 unspecified atom stereocenters. The number of likely N-dealkylation sites (N-methyl/N-ethyl adjacent to an activating group) is 1. The molecule has 0 rings (SSSR count). The van der Waals surface area contributed by atoms with E-state index in [1.807, 2.05) is 19.0 Å². The van der Waals surface area contributed by atoms with E-state index in [9.17, 15) is 4.79 Å². The Morgan fingerprint density at radius 2 is 1.88 bits per heavy atom. The molecule has 1 amide bonds.